The number of rotatable bonds is 7. The molecule has 0 aliphatic rings. The number of nitrogens with zero attached hydrogens (tertiary/aromatic N) is 2. The minimum atomic E-state index is -2.58. The highest BCUT2D eigenvalue weighted by atomic mass is 32.2. The number of amides is 1. The van der Waals surface area contributed by atoms with Crippen LogP contribution in [0.3, 0.4) is 0 Å². The summed E-state index contributed by atoms with van der Waals surface area (Å²) < 4.78 is 35.6. The number of hydrogen-bond acceptors (Lipinski definition) is 6. The van der Waals surface area contributed by atoms with E-state index in [0.717, 1.165) is 5.56 Å². The van der Waals surface area contributed by atoms with Crippen LogP contribution in [0.4, 0.5) is 14.5 Å². The smallest absolute Gasteiger partial charge is 0.415 e. The number of carbonyl (C=O) groups is 1. The maximum absolute atomic E-state index is 12.5. The Balaban J connectivity index is 1.58. The van der Waals surface area contributed by atoms with Crippen LogP contribution in [0.15, 0.2) is 63.9 Å². The van der Waals surface area contributed by atoms with Crippen LogP contribution in [0.5, 0.6) is 6.08 Å². The molecule has 0 bridgehead atoms. The van der Waals surface area contributed by atoms with Crippen LogP contribution in [0.2, 0.25) is 0 Å². The minimum absolute atomic E-state index is 0.158. The zero-order valence-electron chi connectivity index (χ0n) is 13.3. The summed E-state index contributed by atoms with van der Waals surface area (Å²) in [6, 6.07) is 15.4. The lowest BCUT2D eigenvalue weighted by atomic mass is 10.2. The van der Waals surface area contributed by atoms with Gasteiger partial charge in [-0.3, -0.25) is 4.79 Å². The number of benzene rings is 2. The molecule has 26 heavy (non-hydrogen) atoms. The fourth-order valence-electron chi connectivity index (χ4n) is 2.05. The van der Waals surface area contributed by atoms with Gasteiger partial charge in [0.15, 0.2) is 6.61 Å². The third kappa shape index (κ3) is 4.79. The molecule has 3 rings (SSSR count). The maximum atomic E-state index is 12.5. The van der Waals surface area contributed by atoms with E-state index in [2.05, 4.69) is 15.5 Å². The van der Waals surface area contributed by atoms with Gasteiger partial charge in [0.05, 0.1) is 5.69 Å². The fraction of sp³-hybridized carbons (Fsp3) is 0.118. The zero-order chi connectivity index (χ0) is 18.4. The average molecular weight is 377 g/mol. The van der Waals surface area contributed by atoms with Gasteiger partial charge in [-0.25, -0.2) is 0 Å². The highest BCUT2D eigenvalue weighted by Crippen LogP contribution is 2.31. The summed E-state index contributed by atoms with van der Waals surface area (Å²) in [4.78, 5) is 12.2. The second kappa shape index (κ2) is 8.43. The van der Waals surface area contributed by atoms with Crippen LogP contribution >= 0.6 is 11.8 Å². The number of halogens is 2. The molecule has 0 saturated heterocycles. The van der Waals surface area contributed by atoms with Gasteiger partial charge in [-0.15, -0.1) is 5.10 Å². The first-order valence-corrected chi connectivity index (χ1v) is 8.35. The summed E-state index contributed by atoms with van der Waals surface area (Å²) in [5.74, 6) is -2.86. The number of nitrogens with one attached hydrogen (secondary N) is 1. The number of aromatic nitrogens is 2. The molecule has 0 aliphatic heterocycles. The summed E-state index contributed by atoms with van der Waals surface area (Å²) in [6.07, 6.45) is -0.158. The number of hydrogen-bond donors (Lipinski definition) is 1. The number of para-hydroxylation sites is 1. The predicted molar refractivity (Wildman–Crippen MR) is 92.2 cm³/mol. The van der Waals surface area contributed by atoms with Crippen LogP contribution in [0.1, 0.15) is 0 Å². The first kappa shape index (κ1) is 17.9. The van der Waals surface area contributed by atoms with Gasteiger partial charge in [-0.2, -0.15) is 8.78 Å². The molecule has 0 fully saturated rings. The predicted octanol–water partition coefficient (Wildman–Crippen LogP) is 4.07. The molecular weight excluding hydrogens is 364 g/mol. The number of alkyl halides is 2. The SMILES string of the molecule is O=C(COc1nnc(-c2ccccc2)o1)Nc1ccccc1SC(F)F. The Kier molecular flexibility index (Phi) is 5.80. The van der Waals surface area contributed by atoms with Gasteiger partial charge in [0.25, 0.3) is 17.6 Å². The zero-order valence-corrected chi connectivity index (χ0v) is 14.1. The highest BCUT2D eigenvalue weighted by Gasteiger charge is 2.14. The van der Waals surface area contributed by atoms with Crippen molar-refractivity contribution in [3.05, 3.63) is 54.6 Å². The van der Waals surface area contributed by atoms with Crippen LogP contribution in [-0.2, 0) is 4.79 Å². The lowest BCUT2D eigenvalue weighted by molar-refractivity contribution is -0.118. The van der Waals surface area contributed by atoms with Crippen LogP contribution in [0.25, 0.3) is 11.5 Å². The fourth-order valence-corrected chi connectivity index (χ4v) is 2.64. The standard InChI is InChI=1S/C17H13F2N3O3S/c18-16(19)26-13-9-5-4-8-12(13)20-14(23)10-24-17-22-21-15(25-17)11-6-2-1-3-7-11/h1-9,16H,10H2,(H,20,23). The maximum Gasteiger partial charge on any atom is 0.415 e. The molecule has 9 heteroatoms. The van der Waals surface area contributed by atoms with Crippen molar-refractivity contribution in [3.63, 3.8) is 0 Å². The van der Waals surface area contributed by atoms with E-state index >= 15 is 0 Å². The molecule has 0 aliphatic carbocycles. The number of thioether (sulfide) groups is 1. The monoisotopic (exact) mass is 377 g/mol. The molecule has 2 aromatic carbocycles. The van der Waals surface area contributed by atoms with Crippen molar-refractivity contribution >= 4 is 23.4 Å². The largest absolute Gasteiger partial charge is 0.439 e. The number of ether oxygens (including phenoxy) is 1. The van der Waals surface area contributed by atoms with Crippen LogP contribution < -0.4 is 10.1 Å². The number of anilines is 1. The number of carbonyl (C=O) groups excluding carboxylic acids is 1. The molecule has 0 unspecified atom stereocenters. The third-order valence-corrected chi connectivity index (χ3v) is 3.92. The van der Waals surface area contributed by atoms with Gasteiger partial charge < -0.3 is 14.5 Å². The molecule has 1 aromatic heterocycles. The highest BCUT2D eigenvalue weighted by molar-refractivity contribution is 7.99. The van der Waals surface area contributed by atoms with E-state index < -0.39 is 18.3 Å². The molecule has 1 amide bonds. The molecule has 0 radical (unpaired) electrons. The molecule has 134 valence electrons. The summed E-state index contributed by atoms with van der Waals surface area (Å²) in [6.45, 7) is -0.399. The molecule has 3 aromatic rings. The molecule has 6 nitrogen and oxygen atoms in total. The summed E-state index contributed by atoms with van der Waals surface area (Å²) >= 11 is 0.353. The van der Waals surface area contributed by atoms with Gasteiger partial charge in [0.1, 0.15) is 0 Å². The lowest BCUT2D eigenvalue weighted by Gasteiger charge is -2.09. The summed E-state index contributed by atoms with van der Waals surface area (Å²) in [7, 11) is 0. The van der Waals surface area contributed by atoms with E-state index in [1.807, 2.05) is 18.2 Å². The molecule has 1 heterocycles. The molecular formula is C17H13F2N3O3S. The lowest BCUT2D eigenvalue weighted by Crippen LogP contribution is -2.20. The minimum Gasteiger partial charge on any atom is -0.439 e. The quantitative estimate of drug-likeness (QED) is 0.626. The Hall–Kier alpha value is -2.94. The van der Waals surface area contributed by atoms with Gasteiger partial charge in [0.2, 0.25) is 0 Å². The van der Waals surface area contributed by atoms with E-state index in [4.69, 9.17) is 9.15 Å². The van der Waals surface area contributed by atoms with E-state index in [1.54, 1.807) is 24.3 Å². The summed E-state index contributed by atoms with van der Waals surface area (Å²) in [5, 5.41) is 10.1. The summed E-state index contributed by atoms with van der Waals surface area (Å²) in [5.41, 5.74) is 0.999. The Morgan fingerprint density at radius 1 is 1.12 bits per heavy atom. The second-order valence-electron chi connectivity index (χ2n) is 4.95. The van der Waals surface area contributed by atoms with Crippen LogP contribution in [-0.4, -0.2) is 28.5 Å². The van der Waals surface area contributed by atoms with E-state index in [1.165, 1.54) is 12.1 Å². The Labute approximate surface area is 151 Å². The first-order valence-electron chi connectivity index (χ1n) is 7.47. The van der Waals surface area contributed by atoms with E-state index in [9.17, 15) is 13.6 Å². The molecule has 1 N–H and O–H groups in total. The normalized spacial score (nSPS) is 10.7. The topological polar surface area (TPSA) is 77.2 Å². The van der Waals surface area contributed by atoms with Crippen molar-refractivity contribution in [2.75, 3.05) is 11.9 Å². The Morgan fingerprint density at radius 2 is 1.85 bits per heavy atom. The van der Waals surface area contributed by atoms with Crippen LogP contribution in [0, 0.1) is 0 Å². The van der Waals surface area contributed by atoms with Gasteiger partial charge in [-0.05, 0) is 24.3 Å². The molecule has 0 atom stereocenters. The molecule has 0 spiro atoms. The third-order valence-electron chi connectivity index (χ3n) is 3.13. The van der Waals surface area contributed by atoms with Crippen molar-refractivity contribution in [2.24, 2.45) is 0 Å². The second-order valence-corrected chi connectivity index (χ2v) is 5.98. The Morgan fingerprint density at radius 3 is 2.62 bits per heavy atom. The first-order chi connectivity index (χ1) is 12.6. The van der Waals surface area contributed by atoms with Gasteiger partial charge in [-0.1, -0.05) is 47.2 Å². The average Bonchev–Trinajstić information content (AvgIpc) is 3.11. The van der Waals surface area contributed by atoms with Crippen molar-refractivity contribution in [1.29, 1.82) is 0 Å². The Bertz CT molecular complexity index is 874. The van der Waals surface area contributed by atoms with Crippen molar-refractivity contribution in [3.8, 4) is 17.5 Å². The van der Waals surface area contributed by atoms with Crippen molar-refractivity contribution in [2.45, 2.75) is 10.7 Å². The van der Waals surface area contributed by atoms with E-state index in [-0.39, 0.29) is 22.6 Å². The van der Waals surface area contributed by atoms with Crippen molar-refractivity contribution < 1.29 is 22.7 Å². The van der Waals surface area contributed by atoms with Crippen molar-refractivity contribution in [1.82, 2.24) is 10.2 Å². The van der Waals surface area contributed by atoms with Gasteiger partial charge >= 0.3 is 6.08 Å². The van der Waals surface area contributed by atoms with E-state index in [0.29, 0.717) is 11.8 Å². The molecule has 0 saturated carbocycles. The van der Waals surface area contributed by atoms with Gasteiger partial charge in [0, 0.05) is 10.5 Å².